The molecule has 0 aliphatic heterocycles. The molecule has 0 aliphatic carbocycles. The van der Waals surface area contributed by atoms with Gasteiger partial charge in [-0.2, -0.15) is 0 Å². The van der Waals surface area contributed by atoms with Crippen LogP contribution >= 0.6 is 0 Å². The van der Waals surface area contributed by atoms with Crippen LogP contribution in [0.4, 0.5) is 4.39 Å². The topological polar surface area (TPSA) is 38.3 Å². The van der Waals surface area contributed by atoms with Gasteiger partial charge in [0.25, 0.3) is 0 Å². The Morgan fingerprint density at radius 1 is 1.14 bits per heavy atom. The maximum absolute atomic E-state index is 12.8. The molecule has 1 N–H and O–H groups in total. The number of rotatable bonds is 5. The summed E-state index contributed by atoms with van der Waals surface area (Å²) in [7, 11) is 0. The second-order valence-electron chi connectivity index (χ2n) is 5.08. The van der Waals surface area contributed by atoms with E-state index in [0.29, 0.717) is 18.0 Å². The fourth-order valence-electron chi connectivity index (χ4n) is 1.75. The van der Waals surface area contributed by atoms with Crippen LogP contribution in [-0.4, -0.2) is 5.91 Å². The third-order valence-electron chi connectivity index (χ3n) is 2.94. The normalized spacial score (nSPS) is 10.5. The van der Waals surface area contributed by atoms with Gasteiger partial charge in [0.15, 0.2) is 0 Å². The fraction of sp³-hybridized carbons (Fsp3) is 0.235. The molecule has 2 aromatic carbocycles. The first-order valence-electron chi connectivity index (χ1n) is 6.84. The highest BCUT2D eigenvalue weighted by Crippen LogP contribution is 2.22. The third kappa shape index (κ3) is 4.60. The van der Waals surface area contributed by atoms with Gasteiger partial charge in [0, 0.05) is 12.5 Å². The quantitative estimate of drug-likeness (QED) is 0.906. The van der Waals surface area contributed by atoms with Gasteiger partial charge in [-0.3, -0.25) is 4.79 Å². The van der Waals surface area contributed by atoms with E-state index in [1.54, 1.807) is 12.1 Å². The first kappa shape index (κ1) is 15.0. The first-order chi connectivity index (χ1) is 10.0. The molecule has 0 saturated carbocycles. The molecule has 0 radical (unpaired) electrons. The molecular weight excluding hydrogens is 269 g/mol. The van der Waals surface area contributed by atoms with Gasteiger partial charge in [-0.05, 0) is 42.0 Å². The Bertz CT molecular complexity index is 608. The number of benzene rings is 2. The van der Waals surface area contributed by atoms with Crippen LogP contribution in [0.5, 0.6) is 11.5 Å². The van der Waals surface area contributed by atoms with E-state index >= 15 is 0 Å². The lowest BCUT2D eigenvalue weighted by molar-refractivity contribution is -0.124. The molecule has 110 valence electrons. The lowest BCUT2D eigenvalue weighted by atomic mass is 10.2. The van der Waals surface area contributed by atoms with Gasteiger partial charge < -0.3 is 10.1 Å². The van der Waals surface area contributed by atoms with Crippen molar-refractivity contribution < 1.29 is 13.9 Å². The highest BCUT2D eigenvalue weighted by molar-refractivity contribution is 5.77. The Morgan fingerprint density at radius 2 is 1.86 bits per heavy atom. The Balaban J connectivity index is 2.00. The monoisotopic (exact) mass is 287 g/mol. The number of halogens is 1. The van der Waals surface area contributed by atoms with Gasteiger partial charge in [0.1, 0.15) is 17.3 Å². The van der Waals surface area contributed by atoms with E-state index in [1.807, 2.05) is 38.1 Å². The minimum Gasteiger partial charge on any atom is -0.457 e. The predicted molar refractivity (Wildman–Crippen MR) is 79.6 cm³/mol. The lowest BCUT2D eigenvalue weighted by Gasteiger charge is -2.10. The Hall–Kier alpha value is -2.36. The summed E-state index contributed by atoms with van der Waals surface area (Å²) in [5.74, 6) is 0.897. The molecule has 0 fully saturated rings. The number of nitrogens with one attached hydrogen (secondary N) is 1. The average Bonchev–Trinajstić information content (AvgIpc) is 2.47. The standard InChI is InChI=1S/C17H18FNO2/c1-12(2)17(20)19-11-13-4-3-5-16(10-13)21-15-8-6-14(18)7-9-15/h3-10,12H,11H2,1-2H3,(H,19,20). The summed E-state index contributed by atoms with van der Waals surface area (Å²) >= 11 is 0. The molecule has 0 aromatic heterocycles. The van der Waals surface area contributed by atoms with Crippen molar-refractivity contribution in [2.45, 2.75) is 20.4 Å². The van der Waals surface area contributed by atoms with Gasteiger partial charge >= 0.3 is 0 Å². The molecule has 0 unspecified atom stereocenters. The van der Waals surface area contributed by atoms with Gasteiger partial charge in [-0.1, -0.05) is 26.0 Å². The molecule has 0 heterocycles. The smallest absolute Gasteiger partial charge is 0.222 e. The SMILES string of the molecule is CC(C)C(=O)NCc1cccc(Oc2ccc(F)cc2)c1. The fourth-order valence-corrected chi connectivity index (χ4v) is 1.75. The molecule has 0 saturated heterocycles. The zero-order chi connectivity index (χ0) is 15.2. The summed E-state index contributed by atoms with van der Waals surface area (Å²) in [5.41, 5.74) is 0.948. The second-order valence-corrected chi connectivity index (χ2v) is 5.08. The highest BCUT2D eigenvalue weighted by atomic mass is 19.1. The third-order valence-corrected chi connectivity index (χ3v) is 2.94. The van der Waals surface area contributed by atoms with Gasteiger partial charge in [0.05, 0.1) is 0 Å². The molecule has 2 aromatic rings. The van der Waals surface area contributed by atoms with E-state index in [9.17, 15) is 9.18 Å². The van der Waals surface area contributed by atoms with Gasteiger partial charge in [-0.25, -0.2) is 4.39 Å². The number of ether oxygens (including phenoxy) is 1. The summed E-state index contributed by atoms with van der Waals surface area (Å²) in [6, 6.07) is 13.3. The minimum atomic E-state index is -0.299. The van der Waals surface area contributed by atoms with E-state index in [-0.39, 0.29) is 17.6 Å². The van der Waals surface area contributed by atoms with Gasteiger partial charge in [0.2, 0.25) is 5.91 Å². The zero-order valence-corrected chi connectivity index (χ0v) is 12.1. The number of hydrogen-bond donors (Lipinski definition) is 1. The van der Waals surface area contributed by atoms with E-state index in [4.69, 9.17) is 4.74 Å². The van der Waals surface area contributed by atoms with Crippen LogP contribution in [0.15, 0.2) is 48.5 Å². The van der Waals surface area contributed by atoms with Crippen LogP contribution in [0, 0.1) is 11.7 Å². The molecular formula is C17H18FNO2. The minimum absolute atomic E-state index is 0.0138. The van der Waals surface area contributed by atoms with Crippen LogP contribution in [-0.2, 0) is 11.3 Å². The van der Waals surface area contributed by atoms with Crippen molar-refractivity contribution in [3.8, 4) is 11.5 Å². The van der Waals surface area contributed by atoms with Crippen molar-refractivity contribution in [3.63, 3.8) is 0 Å². The maximum Gasteiger partial charge on any atom is 0.222 e. The molecule has 0 bridgehead atoms. The number of hydrogen-bond acceptors (Lipinski definition) is 2. The first-order valence-corrected chi connectivity index (χ1v) is 6.84. The second kappa shape index (κ2) is 6.88. The Labute approximate surface area is 123 Å². The van der Waals surface area contributed by atoms with Crippen molar-refractivity contribution >= 4 is 5.91 Å². The molecule has 21 heavy (non-hydrogen) atoms. The maximum atomic E-state index is 12.8. The van der Waals surface area contributed by atoms with Crippen molar-refractivity contribution in [1.82, 2.24) is 5.32 Å². The summed E-state index contributed by atoms with van der Waals surface area (Å²) < 4.78 is 18.5. The van der Waals surface area contributed by atoms with Crippen LogP contribution in [0.25, 0.3) is 0 Å². The van der Waals surface area contributed by atoms with Crippen LogP contribution < -0.4 is 10.1 Å². The molecule has 0 aliphatic rings. The molecule has 1 amide bonds. The summed E-state index contributed by atoms with van der Waals surface area (Å²) in [4.78, 5) is 11.5. The Kier molecular flexibility index (Phi) is 4.93. The summed E-state index contributed by atoms with van der Waals surface area (Å²) in [6.07, 6.45) is 0. The summed E-state index contributed by atoms with van der Waals surface area (Å²) in [5, 5.41) is 2.85. The van der Waals surface area contributed by atoms with E-state index < -0.39 is 0 Å². The summed E-state index contributed by atoms with van der Waals surface area (Å²) in [6.45, 7) is 4.16. The van der Waals surface area contributed by atoms with Crippen LogP contribution in [0.2, 0.25) is 0 Å². The highest BCUT2D eigenvalue weighted by Gasteiger charge is 2.06. The molecule has 2 rings (SSSR count). The average molecular weight is 287 g/mol. The lowest BCUT2D eigenvalue weighted by Crippen LogP contribution is -2.27. The number of amides is 1. The van der Waals surface area contributed by atoms with Crippen molar-refractivity contribution in [2.24, 2.45) is 5.92 Å². The Morgan fingerprint density at radius 3 is 2.52 bits per heavy atom. The van der Waals surface area contributed by atoms with Crippen LogP contribution in [0.1, 0.15) is 19.4 Å². The molecule has 3 nitrogen and oxygen atoms in total. The number of carbonyl (C=O) groups excluding carboxylic acids is 1. The van der Waals surface area contributed by atoms with Gasteiger partial charge in [-0.15, -0.1) is 0 Å². The van der Waals surface area contributed by atoms with Crippen molar-refractivity contribution in [3.05, 3.63) is 59.9 Å². The zero-order valence-electron chi connectivity index (χ0n) is 12.1. The van der Waals surface area contributed by atoms with E-state index in [2.05, 4.69) is 5.32 Å². The molecule has 0 spiro atoms. The van der Waals surface area contributed by atoms with Crippen LogP contribution in [0.3, 0.4) is 0 Å². The largest absolute Gasteiger partial charge is 0.457 e. The predicted octanol–water partition coefficient (Wildman–Crippen LogP) is 3.89. The van der Waals surface area contributed by atoms with E-state index in [1.165, 1.54) is 12.1 Å². The van der Waals surface area contributed by atoms with E-state index in [0.717, 1.165) is 5.56 Å². The van der Waals surface area contributed by atoms with Crippen molar-refractivity contribution in [1.29, 1.82) is 0 Å². The molecule has 4 heteroatoms. The number of carbonyl (C=O) groups is 1. The molecule has 0 atom stereocenters. The van der Waals surface area contributed by atoms with Crippen molar-refractivity contribution in [2.75, 3.05) is 0 Å².